The van der Waals surface area contributed by atoms with Crippen LogP contribution in [0, 0.1) is 5.82 Å². The second kappa shape index (κ2) is 8.41. The third kappa shape index (κ3) is 5.31. The van der Waals surface area contributed by atoms with Crippen LogP contribution in [0.15, 0.2) is 77.7 Å². The van der Waals surface area contributed by atoms with Crippen LogP contribution in [0.4, 0.5) is 15.8 Å². The number of amides is 1. The van der Waals surface area contributed by atoms with Gasteiger partial charge in [-0.25, -0.2) is 12.8 Å². The number of nitrogens with one attached hydrogen (secondary N) is 2. The second-order valence-corrected chi connectivity index (χ2v) is 8.11. The Labute approximate surface area is 167 Å². The maximum absolute atomic E-state index is 13.2. The van der Waals surface area contributed by atoms with Crippen LogP contribution >= 0.6 is 11.6 Å². The number of sulfonamides is 1. The lowest BCUT2D eigenvalue weighted by atomic mass is 10.1. The van der Waals surface area contributed by atoms with E-state index in [9.17, 15) is 17.6 Å². The van der Waals surface area contributed by atoms with E-state index in [1.54, 1.807) is 24.3 Å². The SMILES string of the molecule is O=C(Cc1ccc(Cl)cc1)Nc1ccc(S(=O)(=O)Nc2cccc(F)c2)cc1. The first-order chi connectivity index (χ1) is 13.3. The normalized spacial score (nSPS) is 11.1. The first-order valence-corrected chi connectivity index (χ1v) is 10.1. The smallest absolute Gasteiger partial charge is 0.261 e. The van der Waals surface area contributed by atoms with E-state index in [1.807, 2.05) is 0 Å². The average molecular weight is 419 g/mol. The molecule has 0 saturated heterocycles. The van der Waals surface area contributed by atoms with Crippen molar-refractivity contribution < 1.29 is 17.6 Å². The quantitative estimate of drug-likeness (QED) is 0.620. The van der Waals surface area contributed by atoms with Gasteiger partial charge in [-0.05, 0) is 60.2 Å². The van der Waals surface area contributed by atoms with Gasteiger partial charge < -0.3 is 5.32 Å². The number of hydrogen-bond donors (Lipinski definition) is 2. The Morgan fingerprint density at radius 2 is 1.61 bits per heavy atom. The van der Waals surface area contributed by atoms with Gasteiger partial charge in [-0.2, -0.15) is 0 Å². The van der Waals surface area contributed by atoms with Crippen molar-refractivity contribution in [3.8, 4) is 0 Å². The van der Waals surface area contributed by atoms with Gasteiger partial charge in [0.15, 0.2) is 0 Å². The molecule has 0 saturated carbocycles. The predicted molar refractivity (Wildman–Crippen MR) is 107 cm³/mol. The molecule has 5 nitrogen and oxygen atoms in total. The van der Waals surface area contributed by atoms with Gasteiger partial charge in [0.25, 0.3) is 10.0 Å². The number of halogens is 2. The summed E-state index contributed by atoms with van der Waals surface area (Å²) < 4.78 is 40.3. The standard InChI is InChI=1S/C20H16ClFN2O3S/c21-15-6-4-14(5-7-15)12-20(25)23-17-8-10-19(11-9-17)28(26,27)24-18-3-1-2-16(22)13-18/h1-11,13,24H,12H2,(H,23,25). The van der Waals surface area contributed by atoms with E-state index in [0.29, 0.717) is 10.7 Å². The second-order valence-electron chi connectivity index (χ2n) is 5.99. The maximum atomic E-state index is 13.2. The molecule has 8 heteroatoms. The number of benzene rings is 3. The summed E-state index contributed by atoms with van der Waals surface area (Å²) in [5, 5.41) is 3.29. The molecule has 0 atom stereocenters. The summed E-state index contributed by atoms with van der Waals surface area (Å²) in [6.45, 7) is 0. The minimum Gasteiger partial charge on any atom is -0.326 e. The molecule has 0 aliphatic carbocycles. The maximum Gasteiger partial charge on any atom is 0.261 e. The zero-order valence-corrected chi connectivity index (χ0v) is 16.1. The topological polar surface area (TPSA) is 75.3 Å². The van der Waals surface area contributed by atoms with Crippen LogP contribution in [0.2, 0.25) is 5.02 Å². The van der Waals surface area contributed by atoms with Crippen molar-refractivity contribution in [3.63, 3.8) is 0 Å². The molecular weight excluding hydrogens is 403 g/mol. The van der Waals surface area contributed by atoms with Crippen LogP contribution in [-0.2, 0) is 21.2 Å². The van der Waals surface area contributed by atoms with Gasteiger partial charge in [-0.1, -0.05) is 29.8 Å². The minimum absolute atomic E-state index is 0.00698. The molecule has 0 spiro atoms. The summed E-state index contributed by atoms with van der Waals surface area (Å²) >= 11 is 5.82. The number of carbonyl (C=O) groups is 1. The fraction of sp³-hybridized carbons (Fsp3) is 0.0500. The molecule has 0 aliphatic heterocycles. The summed E-state index contributed by atoms with van der Waals surface area (Å²) in [4.78, 5) is 12.1. The zero-order valence-electron chi connectivity index (χ0n) is 14.5. The fourth-order valence-electron chi connectivity index (χ4n) is 2.48. The van der Waals surface area contributed by atoms with E-state index < -0.39 is 15.8 Å². The summed E-state index contributed by atoms with van der Waals surface area (Å²) in [7, 11) is -3.87. The highest BCUT2D eigenvalue weighted by Gasteiger charge is 2.14. The van der Waals surface area contributed by atoms with Crippen molar-refractivity contribution >= 4 is 38.9 Å². The Hall–Kier alpha value is -2.90. The van der Waals surface area contributed by atoms with Gasteiger partial charge >= 0.3 is 0 Å². The fourth-order valence-corrected chi connectivity index (χ4v) is 3.65. The zero-order chi connectivity index (χ0) is 20.1. The third-order valence-electron chi connectivity index (χ3n) is 3.80. The Bertz CT molecular complexity index is 1090. The van der Waals surface area contributed by atoms with Crippen molar-refractivity contribution in [2.45, 2.75) is 11.3 Å². The molecule has 0 radical (unpaired) electrons. The van der Waals surface area contributed by atoms with E-state index in [1.165, 1.54) is 42.5 Å². The van der Waals surface area contributed by atoms with Crippen LogP contribution in [0.25, 0.3) is 0 Å². The molecule has 28 heavy (non-hydrogen) atoms. The van der Waals surface area contributed by atoms with E-state index in [2.05, 4.69) is 10.0 Å². The highest BCUT2D eigenvalue weighted by atomic mass is 35.5. The Morgan fingerprint density at radius 1 is 0.929 bits per heavy atom. The Kier molecular flexibility index (Phi) is 5.96. The highest BCUT2D eigenvalue weighted by molar-refractivity contribution is 7.92. The molecule has 0 fully saturated rings. The molecular formula is C20H16ClFN2O3S. The third-order valence-corrected chi connectivity index (χ3v) is 5.45. The molecule has 3 rings (SSSR count). The van der Waals surface area contributed by atoms with Crippen molar-refractivity contribution in [1.82, 2.24) is 0 Å². The molecule has 0 bridgehead atoms. The summed E-state index contributed by atoms with van der Waals surface area (Å²) in [5.74, 6) is -0.783. The molecule has 0 unspecified atom stereocenters. The van der Waals surface area contributed by atoms with Gasteiger partial charge in [0.05, 0.1) is 17.0 Å². The first kappa shape index (κ1) is 19.9. The summed E-state index contributed by atoms with van der Waals surface area (Å²) in [5.41, 5.74) is 1.39. The van der Waals surface area contributed by atoms with E-state index >= 15 is 0 Å². The lowest BCUT2D eigenvalue weighted by Gasteiger charge is -2.10. The van der Waals surface area contributed by atoms with E-state index in [0.717, 1.165) is 11.6 Å². The lowest BCUT2D eigenvalue weighted by Crippen LogP contribution is -2.15. The molecule has 0 heterocycles. The number of rotatable bonds is 6. The Balaban J connectivity index is 1.65. The van der Waals surface area contributed by atoms with Gasteiger partial charge in [0.2, 0.25) is 5.91 Å². The van der Waals surface area contributed by atoms with Gasteiger partial charge in [-0.3, -0.25) is 9.52 Å². The van der Waals surface area contributed by atoms with Crippen molar-refractivity contribution in [1.29, 1.82) is 0 Å². The van der Waals surface area contributed by atoms with Gasteiger partial charge in [-0.15, -0.1) is 0 Å². The summed E-state index contributed by atoms with van der Waals surface area (Å²) in [6.07, 6.45) is 0.165. The molecule has 0 aromatic heterocycles. The van der Waals surface area contributed by atoms with Crippen LogP contribution in [0.5, 0.6) is 0 Å². The number of anilines is 2. The van der Waals surface area contributed by atoms with Gasteiger partial charge in [0.1, 0.15) is 5.82 Å². The molecule has 3 aromatic carbocycles. The van der Waals surface area contributed by atoms with Crippen LogP contribution in [0.3, 0.4) is 0 Å². The highest BCUT2D eigenvalue weighted by Crippen LogP contribution is 2.19. The average Bonchev–Trinajstić information content (AvgIpc) is 2.64. The predicted octanol–water partition coefficient (Wildman–Crippen LogP) is 4.46. The van der Waals surface area contributed by atoms with Crippen molar-refractivity contribution in [3.05, 3.63) is 89.2 Å². The van der Waals surface area contributed by atoms with E-state index in [4.69, 9.17) is 11.6 Å². The molecule has 3 aromatic rings. The van der Waals surface area contributed by atoms with Gasteiger partial charge in [0, 0.05) is 10.7 Å². The first-order valence-electron chi connectivity index (χ1n) is 8.24. The van der Waals surface area contributed by atoms with Crippen molar-refractivity contribution in [2.75, 3.05) is 10.0 Å². The van der Waals surface area contributed by atoms with Crippen LogP contribution in [0.1, 0.15) is 5.56 Å². The Morgan fingerprint density at radius 3 is 2.25 bits per heavy atom. The van der Waals surface area contributed by atoms with E-state index in [-0.39, 0.29) is 22.9 Å². The van der Waals surface area contributed by atoms with Crippen LogP contribution < -0.4 is 10.0 Å². The molecule has 144 valence electrons. The minimum atomic E-state index is -3.87. The van der Waals surface area contributed by atoms with Crippen LogP contribution in [-0.4, -0.2) is 14.3 Å². The number of carbonyl (C=O) groups excluding carboxylic acids is 1. The molecule has 2 N–H and O–H groups in total. The number of hydrogen-bond acceptors (Lipinski definition) is 3. The molecule has 0 aliphatic rings. The lowest BCUT2D eigenvalue weighted by molar-refractivity contribution is -0.115. The largest absolute Gasteiger partial charge is 0.326 e. The monoisotopic (exact) mass is 418 g/mol. The van der Waals surface area contributed by atoms with Crippen molar-refractivity contribution in [2.24, 2.45) is 0 Å². The summed E-state index contributed by atoms with van der Waals surface area (Å²) in [6, 6.07) is 17.8. The molecule has 1 amide bonds.